The zero-order valence-corrected chi connectivity index (χ0v) is 15.2. The number of amides is 1. The Hall–Kier alpha value is -2.03. The molecule has 1 aliphatic carbocycles. The molecule has 144 valence electrons. The van der Waals surface area contributed by atoms with Gasteiger partial charge in [0, 0.05) is 24.5 Å². The zero-order chi connectivity index (χ0) is 18.4. The molecule has 4 atom stereocenters. The summed E-state index contributed by atoms with van der Waals surface area (Å²) in [6.45, 7) is 0.767. The fourth-order valence-corrected chi connectivity index (χ4v) is 4.83. The van der Waals surface area contributed by atoms with Crippen LogP contribution in [0.15, 0.2) is 18.2 Å². The van der Waals surface area contributed by atoms with Gasteiger partial charge in [-0.15, -0.1) is 0 Å². The lowest BCUT2D eigenvalue weighted by atomic mass is 9.81. The van der Waals surface area contributed by atoms with Gasteiger partial charge in [0.15, 0.2) is 0 Å². The number of nitrogens with one attached hydrogen (secondary N) is 4. The fourth-order valence-electron chi connectivity index (χ4n) is 4.83. The minimum absolute atomic E-state index is 0.0443. The van der Waals surface area contributed by atoms with Gasteiger partial charge in [0.2, 0.25) is 5.91 Å². The highest BCUT2D eigenvalue weighted by molar-refractivity contribution is 5.80. The quantitative estimate of drug-likeness (QED) is 0.647. The Bertz CT molecular complexity index is 854. The first-order chi connectivity index (χ1) is 13.2. The van der Waals surface area contributed by atoms with E-state index in [0.29, 0.717) is 17.6 Å². The number of hydrogen-bond donors (Lipinski definition) is 4. The molecule has 0 radical (unpaired) electrons. The van der Waals surface area contributed by atoms with E-state index in [9.17, 15) is 9.18 Å². The number of benzene rings is 1. The van der Waals surface area contributed by atoms with Crippen molar-refractivity contribution in [3.8, 4) is 0 Å². The third kappa shape index (κ3) is 3.11. The number of rotatable bonds is 2. The SMILES string of the molecule is O=C(C1CCC2NNNC2C1)N1CCCCC1c1nc2ccc(F)cc2[nH]1. The Labute approximate surface area is 157 Å². The highest BCUT2D eigenvalue weighted by Crippen LogP contribution is 2.35. The fraction of sp³-hybridized carbons (Fsp3) is 0.579. The summed E-state index contributed by atoms with van der Waals surface area (Å²) in [5.41, 5.74) is 10.9. The summed E-state index contributed by atoms with van der Waals surface area (Å²) in [7, 11) is 0. The van der Waals surface area contributed by atoms with Gasteiger partial charge in [-0.25, -0.2) is 20.2 Å². The largest absolute Gasteiger partial charge is 0.340 e. The van der Waals surface area contributed by atoms with Crippen molar-refractivity contribution < 1.29 is 9.18 Å². The minimum Gasteiger partial charge on any atom is -0.340 e. The van der Waals surface area contributed by atoms with Gasteiger partial charge in [0.1, 0.15) is 11.6 Å². The maximum atomic E-state index is 13.5. The van der Waals surface area contributed by atoms with E-state index in [1.54, 1.807) is 6.07 Å². The molecule has 2 aromatic rings. The molecule has 5 rings (SSSR count). The number of piperidine rings is 1. The zero-order valence-electron chi connectivity index (χ0n) is 15.2. The summed E-state index contributed by atoms with van der Waals surface area (Å²) in [6, 6.07) is 5.22. The van der Waals surface area contributed by atoms with Crippen LogP contribution >= 0.6 is 0 Å². The number of hydrogen-bond acceptors (Lipinski definition) is 5. The van der Waals surface area contributed by atoms with E-state index in [1.807, 2.05) is 4.90 Å². The normalized spacial score (nSPS) is 31.2. The van der Waals surface area contributed by atoms with Crippen LogP contribution in [0.2, 0.25) is 0 Å². The molecule has 27 heavy (non-hydrogen) atoms. The van der Waals surface area contributed by atoms with Crippen LogP contribution in [0.3, 0.4) is 0 Å². The lowest BCUT2D eigenvalue weighted by Gasteiger charge is -2.39. The number of imidazole rings is 1. The van der Waals surface area contributed by atoms with E-state index in [0.717, 1.165) is 56.4 Å². The number of nitrogens with zero attached hydrogens (tertiary/aromatic N) is 2. The van der Waals surface area contributed by atoms with Crippen LogP contribution in [0.5, 0.6) is 0 Å². The van der Waals surface area contributed by atoms with Crippen LogP contribution in [0.25, 0.3) is 11.0 Å². The van der Waals surface area contributed by atoms with Crippen molar-refractivity contribution in [2.75, 3.05) is 6.54 Å². The molecule has 4 unspecified atom stereocenters. The monoisotopic (exact) mass is 372 g/mol. The number of H-pyrrole nitrogens is 1. The highest BCUT2D eigenvalue weighted by atomic mass is 19.1. The molecule has 1 saturated carbocycles. The summed E-state index contributed by atoms with van der Waals surface area (Å²) in [5.74, 6) is 0.776. The van der Waals surface area contributed by atoms with Crippen LogP contribution in [0.4, 0.5) is 4.39 Å². The second-order valence-corrected chi connectivity index (χ2v) is 7.96. The lowest BCUT2D eigenvalue weighted by molar-refractivity contribution is -0.141. The number of aromatic nitrogens is 2. The van der Waals surface area contributed by atoms with E-state index >= 15 is 0 Å². The van der Waals surface area contributed by atoms with E-state index in [-0.39, 0.29) is 23.7 Å². The van der Waals surface area contributed by atoms with Crippen LogP contribution in [-0.4, -0.2) is 39.4 Å². The molecule has 1 amide bonds. The average Bonchev–Trinajstić information content (AvgIpc) is 3.33. The molecule has 7 nitrogen and oxygen atoms in total. The Kier molecular flexibility index (Phi) is 4.34. The standard InChI is InChI=1S/C19H25FN6O/c20-12-5-7-13-15(10-12)22-18(21-13)17-3-1-2-8-26(17)19(27)11-4-6-14-16(9-11)24-25-23-14/h5,7,10-11,14,16-17,23-25H,1-4,6,8-9H2,(H,21,22). The van der Waals surface area contributed by atoms with Crippen molar-refractivity contribution in [3.63, 3.8) is 0 Å². The Morgan fingerprint density at radius 1 is 1.15 bits per heavy atom. The smallest absolute Gasteiger partial charge is 0.226 e. The molecule has 8 heteroatoms. The molecule has 1 aromatic heterocycles. The van der Waals surface area contributed by atoms with E-state index in [1.165, 1.54) is 12.1 Å². The molecule has 0 bridgehead atoms. The van der Waals surface area contributed by atoms with Gasteiger partial charge < -0.3 is 9.88 Å². The first kappa shape index (κ1) is 17.1. The van der Waals surface area contributed by atoms with Gasteiger partial charge in [-0.05, 0) is 56.7 Å². The van der Waals surface area contributed by atoms with Gasteiger partial charge in [-0.2, -0.15) is 5.53 Å². The number of hydrazine groups is 2. The van der Waals surface area contributed by atoms with Crippen molar-refractivity contribution in [1.82, 2.24) is 31.3 Å². The molecule has 3 fully saturated rings. The average molecular weight is 372 g/mol. The summed E-state index contributed by atoms with van der Waals surface area (Å²) < 4.78 is 13.5. The van der Waals surface area contributed by atoms with Crippen molar-refractivity contribution in [1.29, 1.82) is 0 Å². The topological polar surface area (TPSA) is 85.1 Å². The van der Waals surface area contributed by atoms with Gasteiger partial charge in [0.05, 0.1) is 17.1 Å². The summed E-state index contributed by atoms with van der Waals surface area (Å²) >= 11 is 0. The van der Waals surface area contributed by atoms with Crippen molar-refractivity contribution in [3.05, 3.63) is 29.8 Å². The Balaban J connectivity index is 1.38. The Morgan fingerprint density at radius 3 is 2.96 bits per heavy atom. The van der Waals surface area contributed by atoms with E-state index in [4.69, 9.17) is 0 Å². The molecular weight excluding hydrogens is 347 g/mol. The Morgan fingerprint density at radius 2 is 2.04 bits per heavy atom. The maximum absolute atomic E-state index is 13.5. The van der Waals surface area contributed by atoms with Crippen molar-refractivity contribution in [2.24, 2.45) is 5.92 Å². The van der Waals surface area contributed by atoms with E-state index in [2.05, 4.69) is 26.4 Å². The van der Waals surface area contributed by atoms with Crippen molar-refractivity contribution >= 4 is 16.9 Å². The van der Waals surface area contributed by atoms with Gasteiger partial charge in [-0.3, -0.25) is 4.79 Å². The van der Waals surface area contributed by atoms with Crippen LogP contribution in [-0.2, 0) is 4.79 Å². The summed E-state index contributed by atoms with van der Waals surface area (Å²) in [4.78, 5) is 23.3. The molecule has 1 aromatic carbocycles. The van der Waals surface area contributed by atoms with Crippen LogP contribution in [0, 0.1) is 11.7 Å². The predicted molar refractivity (Wildman–Crippen MR) is 98.7 cm³/mol. The molecule has 3 heterocycles. The molecule has 2 aliphatic heterocycles. The van der Waals surface area contributed by atoms with Crippen LogP contribution in [0.1, 0.15) is 50.4 Å². The second kappa shape index (κ2) is 6.85. The number of aromatic amines is 1. The predicted octanol–water partition coefficient (Wildman–Crippen LogP) is 1.91. The molecular formula is C19H25FN6O. The number of carbonyl (C=O) groups excluding carboxylic acids is 1. The summed E-state index contributed by atoms with van der Waals surface area (Å²) in [6.07, 6.45) is 5.74. The maximum Gasteiger partial charge on any atom is 0.226 e. The number of likely N-dealkylation sites (tertiary alicyclic amines) is 1. The van der Waals surface area contributed by atoms with Gasteiger partial charge >= 0.3 is 0 Å². The number of carbonyl (C=O) groups is 1. The third-order valence-electron chi connectivity index (χ3n) is 6.28. The van der Waals surface area contributed by atoms with E-state index < -0.39 is 0 Å². The summed E-state index contributed by atoms with van der Waals surface area (Å²) in [5, 5.41) is 0. The first-order valence-electron chi connectivity index (χ1n) is 9.91. The molecule has 0 spiro atoms. The number of fused-ring (bicyclic) bond motifs is 2. The first-order valence-corrected chi connectivity index (χ1v) is 9.91. The van der Waals surface area contributed by atoms with Gasteiger partial charge in [-0.1, -0.05) is 0 Å². The minimum atomic E-state index is -0.280. The molecule has 3 aliphatic rings. The second-order valence-electron chi connectivity index (χ2n) is 7.96. The number of halogens is 1. The van der Waals surface area contributed by atoms with Gasteiger partial charge in [0.25, 0.3) is 0 Å². The molecule has 2 saturated heterocycles. The lowest BCUT2D eigenvalue weighted by Crippen LogP contribution is -2.47. The molecule has 4 N–H and O–H groups in total. The third-order valence-corrected chi connectivity index (χ3v) is 6.28. The van der Waals surface area contributed by atoms with Crippen molar-refractivity contribution in [2.45, 2.75) is 56.7 Å². The van der Waals surface area contributed by atoms with Crippen LogP contribution < -0.4 is 16.4 Å². The highest BCUT2D eigenvalue weighted by Gasteiger charge is 2.40.